The number of nitrogens with two attached hydrogens (primary N) is 1. The van der Waals surface area contributed by atoms with Gasteiger partial charge in [0, 0.05) is 6.20 Å². The number of imidazole rings is 1. The fourth-order valence-electron chi connectivity index (χ4n) is 2.05. The smallest absolute Gasteiger partial charge is 0.200 e. The van der Waals surface area contributed by atoms with E-state index in [2.05, 4.69) is 36.2 Å². The summed E-state index contributed by atoms with van der Waals surface area (Å²) in [6.45, 7) is 4.12. The quantitative estimate of drug-likeness (QED) is 0.855. The number of benzene rings is 1. The molecule has 16 heavy (non-hydrogen) atoms. The molecule has 1 aromatic heterocycles. The molecule has 1 atom stereocenters. The van der Waals surface area contributed by atoms with Gasteiger partial charge in [-0.15, -0.1) is 0 Å². The maximum atomic E-state index is 5.91. The minimum Gasteiger partial charge on any atom is -0.369 e. The van der Waals surface area contributed by atoms with Crippen LogP contribution in [0.15, 0.2) is 36.5 Å². The SMILES string of the molecule is CCC(c1ccccc1)n1cc(C)nc1N. The molecule has 2 aromatic rings. The molecule has 0 aliphatic heterocycles. The first kappa shape index (κ1) is 10.7. The molecular formula is C13H17N3. The molecule has 0 spiro atoms. The van der Waals surface area contributed by atoms with Crippen molar-refractivity contribution >= 4 is 5.95 Å². The van der Waals surface area contributed by atoms with Crippen molar-refractivity contribution < 1.29 is 0 Å². The predicted octanol–water partition coefficient (Wildman–Crippen LogP) is 2.77. The molecular weight excluding hydrogens is 198 g/mol. The van der Waals surface area contributed by atoms with Gasteiger partial charge in [-0.25, -0.2) is 4.98 Å². The molecule has 0 radical (unpaired) electrons. The van der Waals surface area contributed by atoms with E-state index in [-0.39, 0.29) is 6.04 Å². The molecule has 3 nitrogen and oxygen atoms in total. The Bertz CT molecular complexity index is 459. The van der Waals surface area contributed by atoms with E-state index in [9.17, 15) is 0 Å². The second-order valence-corrected chi connectivity index (χ2v) is 3.98. The van der Waals surface area contributed by atoms with Gasteiger partial charge in [-0.1, -0.05) is 37.3 Å². The zero-order valence-corrected chi connectivity index (χ0v) is 9.72. The molecule has 0 aliphatic carbocycles. The van der Waals surface area contributed by atoms with Crippen LogP contribution in [0, 0.1) is 6.92 Å². The van der Waals surface area contributed by atoms with Gasteiger partial charge in [0.2, 0.25) is 5.95 Å². The van der Waals surface area contributed by atoms with Crippen LogP contribution in [-0.2, 0) is 0 Å². The highest BCUT2D eigenvalue weighted by Crippen LogP contribution is 2.24. The Labute approximate surface area is 95.9 Å². The molecule has 0 saturated heterocycles. The van der Waals surface area contributed by atoms with Gasteiger partial charge < -0.3 is 10.3 Å². The number of aryl methyl sites for hydroxylation is 1. The topological polar surface area (TPSA) is 43.8 Å². The van der Waals surface area contributed by atoms with E-state index in [0.29, 0.717) is 5.95 Å². The Morgan fingerprint density at radius 3 is 2.50 bits per heavy atom. The van der Waals surface area contributed by atoms with Crippen molar-refractivity contribution in [2.75, 3.05) is 5.73 Å². The van der Waals surface area contributed by atoms with Gasteiger partial charge in [0.25, 0.3) is 0 Å². The van der Waals surface area contributed by atoms with Crippen LogP contribution >= 0.6 is 0 Å². The van der Waals surface area contributed by atoms with E-state index in [1.54, 1.807) is 0 Å². The molecule has 3 heteroatoms. The van der Waals surface area contributed by atoms with Crippen LogP contribution in [-0.4, -0.2) is 9.55 Å². The lowest BCUT2D eigenvalue weighted by Gasteiger charge is -2.18. The Hall–Kier alpha value is -1.77. The van der Waals surface area contributed by atoms with E-state index >= 15 is 0 Å². The average Bonchev–Trinajstić information content (AvgIpc) is 2.61. The summed E-state index contributed by atoms with van der Waals surface area (Å²) in [4.78, 5) is 4.25. The molecule has 0 amide bonds. The predicted molar refractivity (Wildman–Crippen MR) is 66.2 cm³/mol. The lowest BCUT2D eigenvalue weighted by molar-refractivity contribution is 0.573. The van der Waals surface area contributed by atoms with Crippen molar-refractivity contribution in [3.63, 3.8) is 0 Å². The highest BCUT2D eigenvalue weighted by molar-refractivity contribution is 5.28. The molecule has 1 unspecified atom stereocenters. The molecule has 0 aliphatic rings. The van der Waals surface area contributed by atoms with Crippen LogP contribution in [0.25, 0.3) is 0 Å². The molecule has 2 rings (SSSR count). The molecule has 0 fully saturated rings. The van der Waals surface area contributed by atoms with Gasteiger partial charge in [-0.2, -0.15) is 0 Å². The van der Waals surface area contributed by atoms with Gasteiger partial charge in [-0.05, 0) is 18.9 Å². The Morgan fingerprint density at radius 2 is 2.00 bits per heavy atom. The van der Waals surface area contributed by atoms with Gasteiger partial charge in [0.15, 0.2) is 0 Å². The fourth-order valence-corrected chi connectivity index (χ4v) is 2.05. The number of rotatable bonds is 3. The molecule has 1 heterocycles. The van der Waals surface area contributed by atoms with E-state index in [1.807, 2.05) is 23.8 Å². The summed E-state index contributed by atoms with van der Waals surface area (Å²) >= 11 is 0. The number of aromatic nitrogens is 2. The van der Waals surface area contributed by atoms with Crippen molar-refractivity contribution in [1.29, 1.82) is 0 Å². The van der Waals surface area contributed by atoms with Gasteiger partial charge in [0.05, 0.1) is 11.7 Å². The summed E-state index contributed by atoms with van der Waals surface area (Å²) < 4.78 is 2.05. The zero-order chi connectivity index (χ0) is 11.5. The van der Waals surface area contributed by atoms with E-state index in [4.69, 9.17) is 5.73 Å². The number of hydrogen-bond acceptors (Lipinski definition) is 2. The van der Waals surface area contributed by atoms with Crippen molar-refractivity contribution in [3.8, 4) is 0 Å². The number of anilines is 1. The van der Waals surface area contributed by atoms with Gasteiger partial charge >= 0.3 is 0 Å². The van der Waals surface area contributed by atoms with Crippen LogP contribution in [0.4, 0.5) is 5.95 Å². The van der Waals surface area contributed by atoms with Crippen LogP contribution in [0.5, 0.6) is 0 Å². The number of nitrogen functional groups attached to an aromatic ring is 1. The molecule has 0 saturated carbocycles. The Kier molecular flexibility index (Phi) is 2.95. The van der Waals surface area contributed by atoms with E-state index < -0.39 is 0 Å². The molecule has 1 aromatic carbocycles. The lowest BCUT2D eigenvalue weighted by Crippen LogP contribution is -2.11. The first-order valence-electron chi connectivity index (χ1n) is 5.58. The van der Waals surface area contributed by atoms with Crippen molar-refractivity contribution in [3.05, 3.63) is 47.8 Å². The van der Waals surface area contributed by atoms with Crippen LogP contribution < -0.4 is 5.73 Å². The highest BCUT2D eigenvalue weighted by Gasteiger charge is 2.14. The number of hydrogen-bond donors (Lipinski definition) is 1. The van der Waals surface area contributed by atoms with Gasteiger partial charge in [-0.3, -0.25) is 0 Å². The maximum absolute atomic E-state index is 5.91. The van der Waals surface area contributed by atoms with Crippen LogP contribution in [0.2, 0.25) is 0 Å². The average molecular weight is 215 g/mol. The second kappa shape index (κ2) is 4.39. The normalized spacial score (nSPS) is 12.6. The Balaban J connectivity index is 2.40. The van der Waals surface area contributed by atoms with Crippen LogP contribution in [0.3, 0.4) is 0 Å². The van der Waals surface area contributed by atoms with Crippen molar-refractivity contribution in [2.45, 2.75) is 26.3 Å². The maximum Gasteiger partial charge on any atom is 0.200 e. The van der Waals surface area contributed by atoms with Crippen molar-refractivity contribution in [2.24, 2.45) is 0 Å². The first-order chi connectivity index (χ1) is 7.72. The van der Waals surface area contributed by atoms with Gasteiger partial charge in [0.1, 0.15) is 0 Å². The third-order valence-corrected chi connectivity index (χ3v) is 2.79. The summed E-state index contributed by atoms with van der Waals surface area (Å²) in [5, 5.41) is 0. The monoisotopic (exact) mass is 215 g/mol. The second-order valence-electron chi connectivity index (χ2n) is 3.98. The van der Waals surface area contributed by atoms with Crippen LogP contribution in [0.1, 0.15) is 30.6 Å². The summed E-state index contributed by atoms with van der Waals surface area (Å²) in [6.07, 6.45) is 3.01. The van der Waals surface area contributed by atoms with Crippen molar-refractivity contribution in [1.82, 2.24) is 9.55 Å². The third-order valence-electron chi connectivity index (χ3n) is 2.79. The summed E-state index contributed by atoms with van der Waals surface area (Å²) in [5.74, 6) is 0.591. The summed E-state index contributed by atoms with van der Waals surface area (Å²) in [5.41, 5.74) is 8.14. The van der Waals surface area contributed by atoms with E-state index in [1.165, 1.54) is 5.56 Å². The molecule has 84 valence electrons. The minimum absolute atomic E-state index is 0.280. The highest BCUT2D eigenvalue weighted by atomic mass is 15.2. The summed E-state index contributed by atoms with van der Waals surface area (Å²) in [7, 11) is 0. The summed E-state index contributed by atoms with van der Waals surface area (Å²) in [6, 6.07) is 10.7. The number of nitrogens with zero attached hydrogens (tertiary/aromatic N) is 2. The Morgan fingerprint density at radius 1 is 1.31 bits per heavy atom. The molecule has 0 bridgehead atoms. The largest absolute Gasteiger partial charge is 0.369 e. The first-order valence-corrected chi connectivity index (χ1v) is 5.58. The minimum atomic E-state index is 0.280. The fraction of sp³-hybridized carbons (Fsp3) is 0.308. The third kappa shape index (κ3) is 1.94. The molecule has 2 N–H and O–H groups in total. The lowest BCUT2D eigenvalue weighted by atomic mass is 10.0. The van der Waals surface area contributed by atoms with E-state index in [0.717, 1.165) is 12.1 Å². The standard InChI is InChI=1S/C13H17N3/c1-3-12(11-7-5-4-6-8-11)16-9-10(2)15-13(16)14/h4-9,12H,3H2,1-2H3,(H2,14,15). The zero-order valence-electron chi connectivity index (χ0n) is 9.72.